The predicted octanol–water partition coefficient (Wildman–Crippen LogP) is 3.48. The van der Waals surface area contributed by atoms with Crippen molar-refractivity contribution in [1.82, 2.24) is 0 Å². The fourth-order valence-corrected chi connectivity index (χ4v) is 2.11. The lowest BCUT2D eigenvalue weighted by atomic mass is 10.2. The van der Waals surface area contributed by atoms with Crippen LogP contribution in [0.25, 0.3) is 0 Å². The minimum absolute atomic E-state index is 0.00861. The van der Waals surface area contributed by atoms with Crippen LogP contribution in [0.2, 0.25) is 0 Å². The van der Waals surface area contributed by atoms with Gasteiger partial charge < -0.3 is 15.2 Å². The third kappa shape index (κ3) is 4.29. The summed E-state index contributed by atoms with van der Waals surface area (Å²) in [7, 11) is 0. The second-order valence-corrected chi connectivity index (χ2v) is 5.59. The minimum Gasteiger partial charge on any atom is -0.507 e. The summed E-state index contributed by atoms with van der Waals surface area (Å²) in [6.07, 6.45) is -1.17. The van der Waals surface area contributed by atoms with Crippen LogP contribution < -0.4 is 5.32 Å². The molecule has 5 nitrogen and oxygen atoms in total. The lowest BCUT2D eigenvalue weighted by molar-refractivity contribution is -0.123. The number of hydrogen-bond acceptors (Lipinski definition) is 4. The van der Waals surface area contributed by atoms with E-state index in [0.717, 1.165) is 0 Å². The Labute approximate surface area is 140 Å². The van der Waals surface area contributed by atoms with Gasteiger partial charge in [0.15, 0.2) is 6.10 Å². The normalized spacial score (nSPS) is 11.6. The predicted molar refractivity (Wildman–Crippen MR) is 85.7 cm³/mol. The van der Waals surface area contributed by atoms with Gasteiger partial charge in [-0.15, -0.1) is 0 Å². The molecule has 0 spiro atoms. The van der Waals surface area contributed by atoms with Crippen LogP contribution >= 0.6 is 15.9 Å². The van der Waals surface area contributed by atoms with Crippen LogP contribution in [-0.4, -0.2) is 23.1 Å². The number of phenols is 1. The molecule has 120 valence electrons. The molecule has 0 unspecified atom stereocenters. The average Bonchev–Trinajstić information content (AvgIpc) is 2.51. The van der Waals surface area contributed by atoms with Gasteiger partial charge in [0, 0.05) is 4.47 Å². The van der Waals surface area contributed by atoms with Crippen molar-refractivity contribution in [1.29, 1.82) is 0 Å². The molecule has 23 heavy (non-hydrogen) atoms. The van der Waals surface area contributed by atoms with Crippen molar-refractivity contribution in [3.8, 4) is 5.75 Å². The monoisotopic (exact) mass is 381 g/mol. The molecule has 0 saturated heterocycles. The van der Waals surface area contributed by atoms with Gasteiger partial charge in [0.05, 0.1) is 5.69 Å². The van der Waals surface area contributed by atoms with E-state index in [0.29, 0.717) is 4.47 Å². The average molecular weight is 382 g/mol. The molecule has 2 N–H and O–H groups in total. The molecule has 0 aliphatic carbocycles. The number of nitrogens with one attached hydrogen (secondary N) is 1. The van der Waals surface area contributed by atoms with E-state index in [1.165, 1.54) is 37.3 Å². The van der Waals surface area contributed by atoms with Gasteiger partial charge in [-0.3, -0.25) is 4.79 Å². The van der Waals surface area contributed by atoms with E-state index in [2.05, 4.69) is 21.2 Å². The van der Waals surface area contributed by atoms with E-state index < -0.39 is 23.8 Å². The van der Waals surface area contributed by atoms with Crippen molar-refractivity contribution in [2.45, 2.75) is 13.0 Å². The highest BCUT2D eigenvalue weighted by Gasteiger charge is 2.21. The van der Waals surface area contributed by atoms with E-state index in [9.17, 15) is 19.1 Å². The van der Waals surface area contributed by atoms with Crippen LogP contribution in [0.1, 0.15) is 17.3 Å². The summed E-state index contributed by atoms with van der Waals surface area (Å²) in [5, 5.41) is 12.0. The number of aromatic hydroxyl groups is 1. The van der Waals surface area contributed by atoms with Gasteiger partial charge in [0.25, 0.3) is 5.91 Å². The molecule has 0 saturated carbocycles. The van der Waals surface area contributed by atoms with Crippen molar-refractivity contribution in [2.24, 2.45) is 0 Å². The lowest BCUT2D eigenvalue weighted by Crippen LogP contribution is -2.30. The van der Waals surface area contributed by atoms with Gasteiger partial charge in [-0.2, -0.15) is 0 Å². The topological polar surface area (TPSA) is 75.6 Å². The van der Waals surface area contributed by atoms with E-state index in [-0.39, 0.29) is 17.0 Å². The molecule has 1 atom stereocenters. The number of amides is 1. The van der Waals surface area contributed by atoms with Crippen molar-refractivity contribution in [3.05, 3.63) is 58.3 Å². The number of esters is 1. The standard InChI is InChI=1S/C16H13BrFNO4/c1-9(15(21)19-13-5-3-2-4-12(13)18)23-16(22)11-8-10(17)6-7-14(11)20/h2-9,20H,1H3,(H,19,21)/t9-/m1/s1. The molecule has 2 rings (SSSR count). The first-order chi connectivity index (χ1) is 10.9. The van der Waals surface area contributed by atoms with E-state index in [1.807, 2.05) is 0 Å². The fourth-order valence-electron chi connectivity index (χ4n) is 1.75. The second kappa shape index (κ2) is 7.23. The number of hydrogen-bond donors (Lipinski definition) is 2. The van der Waals surface area contributed by atoms with Gasteiger partial charge in [-0.05, 0) is 37.3 Å². The zero-order valence-electron chi connectivity index (χ0n) is 12.0. The Kier molecular flexibility index (Phi) is 5.33. The van der Waals surface area contributed by atoms with E-state index in [4.69, 9.17) is 4.74 Å². The van der Waals surface area contributed by atoms with Crippen LogP contribution in [0.5, 0.6) is 5.75 Å². The maximum absolute atomic E-state index is 13.5. The van der Waals surface area contributed by atoms with Crippen molar-refractivity contribution in [2.75, 3.05) is 5.32 Å². The van der Waals surface area contributed by atoms with Gasteiger partial charge in [0.2, 0.25) is 0 Å². The number of phenolic OH excluding ortho intramolecular Hbond substituents is 1. The number of rotatable bonds is 4. The Morgan fingerprint density at radius 2 is 1.96 bits per heavy atom. The minimum atomic E-state index is -1.17. The summed E-state index contributed by atoms with van der Waals surface area (Å²) in [6.45, 7) is 1.35. The maximum Gasteiger partial charge on any atom is 0.342 e. The Morgan fingerprint density at radius 3 is 2.65 bits per heavy atom. The fraction of sp³-hybridized carbons (Fsp3) is 0.125. The van der Waals surface area contributed by atoms with Crippen LogP contribution in [-0.2, 0) is 9.53 Å². The molecular formula is C16H13BrFNO4. The second-order valence-electron chi connectivity index (χ2n) is 4.68. The van der Waals surface area contributed by atoms with Crippen molar-refractivity contribution in [3.63, 3.8) is 0 Å². The highest BCUT2D eigenvalue weighted by atomic mass is 79.9. The molecule has 0 aliphatic rings. The third-order valence-corrected chi connectivity index (χ3v) is 3.46. The zero-order valence-corrected chi connectivity index (χ0v) is 13.6. The summed E-state index contributed by atoms with van der Waals surface area (Å²) in [5.74, 6) is -2.40. The number of anilines is 1. The molecule has 0 radical (unpaired) electrons. The number of halogens is 2. The Balaban J connectivity index is 2.05. The molecule has 1 amide bonds. The van der Waals surface area contributed by atoms with Crippen molar-refractivity contribution >= 4 is 33.5 Å². The van der Waals surface area contributed by atoms with E-state index in [1.54, 1.807) is 12.1 Å². The van der Waals surface area contributed by atoms with Crippen LogP contribution in [0, 0.1) is 5.82 Å². The number of para-hydroxylation sites is 1. The maximum atomic E-state index is 13.5. The number of carbonyl (C=O) groups excluding carboxylic acids is 2. The highest BCUT2D eigenvalue weighted by Crippen LogP contribution is 2.23. The Bertz CT molecular complexity index is 751. The largest absolute Gasteiger partial charge is 0.507 e. The number of ether oxygens (including phenoxy) is 1. The number of carbonyl (C=O) groups is 2. The summed E-state index contributed by atoms with van der Waals surface area (Å²) >= 11 is 3.17. The first-order valence-corrected chi connectivity index (χ1v) is 7.42. The summed E-state index contributed by atoms with van der Waals surface area (Å²) in [5.41, 5.74) is -0.0874. The molecule has 7 heteroatoms. The van der Waals surface area contributed by atoms with Crippen LogP contribution in [0.15, 0.2) is 46.9 Å². The van der Waals surface area contributed by atoms with Gasteiger partial charge in [-0.1, -0.05) is 28.1 Å². The molecule has 0 aromatic heterocycles. The van der Waals surface area contributed by atoms with Crippen molar-refractivity contribution < 1.29 is 23.8 Å². The Morgan fingerprint density at radius 1 is 1.26 bits per heavy atom. The molecule has 0 bridgehead atoms. The Hall–Kier alpha value is -2.41. The molecule has 0 fully saturated rings. The molecule has 2 aromatic carbocycles. The third-order valence-electron chi connectivity index (χ3n) is 2.96. The quantitative estimate of drug-likeness (QED) is 0.794. The lowest BCUT2D eigenvalue weighted by Gasteiger charge is -2.14. The summed E-state index contributed by atoms with van der Waals surface area (Å²) < 4.78 is 19.0. The van der Waals surface area contributed by atoms with Gasteiger partial charge in [-0.25, -0.2) is 9.18 Å². The number of benzene rings is 2. The highest BCUT2D eigenvalue weighted by molar-refractivity contribution is 9.10. The van der Waals surface area contributed by atoms with E-state index >= 15 is 0 Å². The first-order valence-electron chi connectivity index (χ1n) is 6.63. The first kappa shape index (κ1) is 17.0. The smallest absolute Gasteiger partial charge is 0.342 e. The van der Waals surface area contributed by atoms with Gasteiger partial charge in [0.1, 0.15) is 17.1 Å². The van der Waals surface area contributed by atoms with Crippen LogP contribution in [0.4, 0.5) is 10.1 Å². The molecular weight excluding hydrogens is 369 g/mol. The molecule has 2 aromatic rings. The van der Waals surface area contributed by atoms with Crippen LogP contribution in [0.3, 0.4) is 0 Å². The SMILES string of the molecule is C[C@@H](OC(=O)c1cc(Br)ccc1O)C(=O)Nc1ccccc1F. The summed E-state index contributed by atoms with van der Waals surface area (Å²) in [6, 6.07) is 9.90. The summed E-state index contributed by atoms with van der Waals surface area (Å²) in [4.78, 5) is 24.0. The molecule has 0 aliphatic heterocycles. The van der Waals surface area contributed by atoms with Gasteiger partial charge >= 0.3 is 5.97 Å². The molecule has 0 heterocycles. The zero-order chi connectivity index (χ0) is 17.0.